The summed E-state index contributed by atoms with van der Waals surface area (Å²) >= 11 is 12.1. The predicted octanol–water partition coefficient (Wildman–Crippen LogP) is 5.71. The first-order valence-corrected chi connectivity index (χ1v) is 10.2. The molecule has 0 fully saturated rings. The number of nitrogens with one attached hydrogen (secondary N) is 1. The Morgan fingerprint density at radius 2 is 1.55 bits per heavy atom. The first kappa shape index (κ1) is 21.0. The predicted molar refractivity (Wildman–Crippen MR) is 124 cm³/mol. The van der Waals surface area contributed by atoms with Gasteiger partial charge in [-0.25, -0.2) is 4.90 Å². The van der Waals surface area contributed by atoms with Crippen LogP contribution in [-0.2, 0) is 9.59 Å². The Morgan fingerprint density at radius 3 is 2.23 bits per heavy atom. The fourth-order valence-electron chi connectivity index (χ4n) is 3.47. The maximum atomic E-state index is 13.5. The fraction of sp³-hybridized carbons (Fsp3) is 0.0833. The molecular weight excluding hydrogens is 435 g/mol. The number of carbonyl (C=O) groups is 2. The van der Waals surface area contributed by atoms with Crippen LogP contribution in [0.5, 0.6) is 5.75 Å². The van der Waals surface area contributed by atoms with E-state index >= 15 is 0 Å². The van der Waals surface area contributed by atoms with Gasteiger partial charge in [-0.1, -0.05) is 41.4 Å². The molecular formula is C24H18Cl2N2O3. The van der Waals surface area contributed by atoms with Crippen LogP contribution in [0.1, 0.15) is 11.1 Å². The summed E-state index contributed by atoms with van der Waals surface area (Å²) in [4.78, 5) is 28.1. The summed E-state index contributed by atoms with van der Waals surface area (Å²) in [5, 5.41) is 4.25. The SMILES string of the molecule is COc1ccccc1C1=C(Nc2ccc(Cl)cc2C)C(=O)N(c2ccc(Cl)cc2)C1=O. The van der Waals surface area contributed by atoms with Gasteiger partial charge in [0.2, 0.25) is 0 Å². The fourth-order valence-corrected chi connectivity index (χ4v) is 3.83. The van der Waals surface area contributed by atoms with Crippen molar-refractivity contribution >= 4 is 52.0 Å². The molecule has 31 heavy (non-hydrogen) atoms. The van der Waals surface area contributed by atoms with Crippen molar-refractivity contribution < 1.29 is 14.3 Å². The van der Waals surface area contributed by atoms with Gasteiger partial charge in [-0.2, -0.15) is 0 Å². The van der Waals surface area contributed by atoms with Gasteiger partial charge in [-0.15, -0.1) is 0 Å². The maximum absolute atomic E-state index is 13.5. The molecule has 1 N–H and O–H groups in total. The molecule has 0 aliphatic carbocycles. The lowest BCUT2D eigenvalue weighted by Gasteiger charge is -2.16. The first-order chi connectivity index (χ1) is 14.9. The Balaban J connectivity index is 1.87. The average molecular weight is 453 g/mol. The molecule has 3 aromatic carbocycles. The van der Waals surface area contributed by atoms with Crippen molar-refractivity contribution in [3.05, 3.63) is 93.6 Å². The molecule has 0 unspecified atom stereocenters. The number of hydrogen-bond acceptors (Lipinski definition) is 4. The number of amides is 2. The van der Waals surface area contributed by atoms with E-state index in [0.29, 0.717) is 32.7 Å². The minimum atomic E-state index is -0.470. The van der Waals surface area contributed by atoms with Crippen LogP contribution < -0.4 is 15.0 Å². The van der Waals surface area contributed by atoms with Gasteiger partial charge < -0.3 is 10.1 Å². The number of para-hydroxylation sites is 1. The normalized spacial score (nSPS) is 13.7. The monoisotopic (exact) mass is 452 g/mol. The van der Waals surface area contributed by atoms with Crippen molar-refractivity contribution in [3.8, 4) is 5.75 Å². The number of carbonyl (C=O) groups excluding carboxylic acids is 2. The minimum Gasteiger partial charge on any atom is -0.496 e. The second-order valence-electron chi connectivity index (χ2n) is 6.96. The van der Waals surface area contributed by atoms with Crippen LogP contribution in [0.2, 0.25) is 10.0 Å². The number of hydrogen-bond donors (Lipinski definition) is 1. The second-order valence-corrected chi connectivity index (χ2v) is 7.83. The second kappa shape index (κ2) is 8.46. The van der Waals surface area contributed by atoms with E-state index in [0.717, 1.165) is 10.5 Å². The van der Waals surface area contributed by atoms with Gasteiger partial charge >= 0.3 is 0 Å². The molecule has 156 valence electrons. The number of aryl methyl sites for hydroxylation is 1. The third-order valence-corrected chi connectivity index (χ3v) is 5.48. The molecule has 0 aromatic heterocycles. The van der Waals surface area contributed by atoms with E-state index < -0.39 is 11.8 Å². The first-order valence-electron chi connectivity index (χ1n) is 9.46. The van der Waals surface area contributed by atoms with Gasteiger partial charge in [0, 0.05) is 21.3 Å². The molecule has 0 bridgehead atoms. The number of anilines is 2. The molecule has 2 amide bonds. The Kier molecular flexibility index (Phi) is 5.72. The molecule has 0 radical (unpaired) electrons. The van der Waals surface area contributed by atoms with E-state index in [4.69, 9.17) is 27.9 Å². The Hall–Kier alpha value is -3.28. The van der Waals surface area contributed by atoms with E-state index in [-0.39, 0.29) is 11.3 Å². The lowest BCUT2D eigenvalue weighted by Crippen LogP contribution is -2.32. The molecule has 1 aliphatic rings. The molecule has 1 heterocycles. The maximum Gasteiger partial charge on any atom is 0.282 e. The molecule has 3 aromatic rings. The van der Waals surface area contributed by atoms with Gasteiger partial charge in [-0.3, -0.25) is 9.59 Å². The molecule has 4 rings (SSSR count). The molecule has 7 heteroatoms. The highest BCUT2D eigenvalue weighted by atomic mass is 35.5. The highest BCUT2D eigenvalue weighted by molar-refractivity contribution is 6.46. The average Bonchev–Trinajstić information content (AvgIpc) is 3.00. The van der Waals surface area contributed by atoms with Crippen molar-refractivity contribution in [2.75, 3.05) is 17.3 Å². The third kappa shape index (κ3) is 3.90. The van der Waals surface area contributed by atoms with Crippen molar-refractivity contribution in [1.82, 2.24) is 0 Å². The van der Waals surface area contributed by atoms with Crippen LogP contribution in [0.15, 0.2) is 72.4 Å². The van der Waals surface area contributed by atoms with Gasteiger partial charge in [0.15, 0.2) is 0 Å². The van der Waals surface area contributed by atoms with Crippen LogP contribution >= 0.6 is 23.2 Å². The number of ether oxygens (including phenoxy) is 1. The van der Waals surface area contributed by atoms with Crippen molar-refractivity contribution in [2.45, 2.75) is 6.92 Å². The standard InChI is InChI=1S/C24H18Cl2N2O3/c1-14-13-16(26)9-12-19(14)27-22-21(18-5-3-4-6-20(18)31-2)23(29)28(24(22)30)17-10-7-15(25)8-11-17/h3-13,27H,1-2H3. The topological polar surface area (TPSA) is 58.6 Å². The van der Waals surface area contributed by atoms with Crippen LogP contribution in [0.3, 0.4) is 0 Å². The summed E-state index contributed by atoms with van der Waals surface area (Å²) in [6, 6.07) is 18.9. The zero-order valence-corrected chi connectivity index (χ0v) is 18.3. The van der Waals surface area contributed by atoms with Gasteiger partial charge in [-0.05, 0) is 61.0 Å². The van der Waals surface area contributed by atoms with E-state index in [2.05, 4.69) is 5.32 Å². The summed E-state index contributed by atoms with van der Waals surface area (Å²) in [6.07, 6.45) is 0. The summed E-state index contributed by atoms with van der Waals surface area (Å²) in [5.41, 5.74) is 2.85. The molecule has 0 saturated carbocycles. The zero-order valence-electron chi connectivity index (χ0n) is 16.8. The van der Waals surface area contributed by atoms with Crippen LogP contribution in [0.25, 0.3) is 5.57 Å². The molecule has 5 nitrogen and oxygen atoms in total. The highest BCUT2D eigenvalue weighted by Gasteiger charge is 2.41. The quantitative estimate of drug-likeness (QED) is 0.503. The van der Waals surface area contributed by atoms with E-state index in [1.807, 2.05) is 6.92 Å². The molecule has 0 saturated heterocycles. The van der Waals surface area contributed by atoms with Gasteiger partial charge in [0.1, 0.15) is 11.4 Å². The molecule has 0 spiro atoms. The summed E-state index contributed by atoms with van der Waals surface area (Å²) in [7, 11) is 1.52. The largest absolute Gasteiger partial charge is 0.496 e. The molecule has 1 aliphatic heterocycles. The highest BCUT2D eigenvalue weighted by Crippen LogP contribution is 2.38. The summed E-state index contributed by atoms with van der Waals surface area (Å²) < 4.78 is 5.46. The van der Waals surface area contributed by atoms with Crippen molar-refractivity contribution in [1.29, 1.82) is 0 Å². The number of benzene rings is 3. The zero-order chi connectivity index (χ0) is 22.1. The van der Waals surface area contributed by atoms with Crippen LogP contribution in [-0.4, -0.2) is 18.9 Å². The van der Waals surface area contributed by atoms with E-state index in [1.165, 1.54) is 7.11 Å². The summed E-state index contributed by atoms with van der Waals surface area (Å²) in [5.74, 6) is -0.433. The number of halogens is 2. The number of nitrogens with zero attached hydrogens (tertiary/aromatic N) is 1. The van der Waals surface area contributed by atoms with Crippen molar-refractivity contribution in [2.24, 2.45) is 0 Å². The van der Waals surface area contributed by atoms with E-state index in [1.54, 1.807) is 66.7 Å². The lowest BCUT2D eigenvalue weighted by atomic mass is 10.0. The van der Waals surface area contributed by atoms with Gasteiger partial charge in [0.25, 0.3) is 11.8 Å². The lowest BCUT2D eigenvalue weighted by molar-refractivity contribution is -0.120. The smallest absolute Gasteiger partial charge is 0.282 e. The number of imide groups is 1. The van der Waals surface area contributed by atoms with Crippen molar-refractivity contribution in [3.63, 3.8) is 0 Å². The van der Waals surface area contributed by atoms with Crippen LogP contribution in [0.4, 0.5) is 11.4 Å². The van der Waals surface area contributed by atoms with Gasteiger partial charge in [0.05, 0.1) is 18.4 Å². The minimum absolute atomic E-state index is 0.162. The Morgan fingerprint density at radius 1 is 0.871 bits per heavy atom. The van der Waals surface area contributed by atoms with E-state index in [9.17, 15) is 9.59 Å². The Bertz CT molecular complexity index is 1220. The molecule has 0 atom stereocenters. The number of methoxy groups -OCH3 is 1. The van der Waals surface area contributed by atoms with Crippen LogP contribution in [0, 0.1) is 6.92 Å². The Labute approximate surface area is 189 Å². The summed E-state index contributed by atoms with van der Waals surface area (Å²) in [6.45, 7) is 1.87. The third-order valence-electron chi connectivity index (χ3n) is 4.99. The number of rotatable bonds is 5.